The highest BCUT2D eigenvalue weighted by Gasteiger charge is 2.19. The second kappa shape index (κ2) is 6.31. The number of benzene rings is 1. The SMILES string of the molecule is C=CCn1c(Oc2ccc(OC)cc2)nc2c1c(=O)n(C)c(=O)n2C. The van der Waals surface area contributed by atoms with Gasteiger partial charge in [-0.25, -0.2) is 4.79 Å². The standard InChI is InChI=1S/C17H18N4O4/c1-5-10-21-13-14(19(2)17(23)20(3)15(13)22)18-16(21)25-12-8-6-11(24-4)7-9-12/h5-9H,1,10H2,2-4H3. The average molecular weight is 342 g/mol. The molecule has 0 aliphatic heterocycles. The highest BCUT2D eigenvalue weighted by molar-refractivity contribution is 5.72. The smallest absolute Gasteiger partial charge is 0.332 e. The molecule has 0 saturated carbocycles. The molecule has 0 spiro atoms. The van der Waals surface area contributed by atoms with Crippen LogP contribution in [0.2, 0.25) is 0 Å². The van der Waals surface area contributed by atoms with Crippen molar-refractivity contribution in [1.29, 1.82) is 0 Å². The van der Waals surface area contributed by atoms with Gasteiger partial charge in [-0.05, 0) is 24.3 Å². The zero-order valence-electron chi connectivity index (χ0n) is 14.2. The zero-order valence-corrected chi connectivity index (χ0v) is 14.2. The predicted octanol–water partition coefficient (Wildman–Crippen LogP) is 1.42. The van der Waals surface area contributed by atoms with Crippen LogP contribution in [0.25, 0.3) is 11.2 Å². The Kier molecular flexibility index (Phi) is 4.18. The summed E-state index contributed by atoms with van der Waals surface area (Å²) in [6.07, 6.45) is 1.63. The largest absolute Gasteiger partial charge is 0.497 e. The van der Waals surface area contributed by atoms with E-state index in [1.54, 1.807) is 49.1 Å². The molecule has 0 unspecified atom stereocenters. The summed E-state index contributed by atoms with van der Waals surface area (Å²) in [6.45, 7) is 4.02. The van der Waals surface area contributed by atoms with E-state index in [1.165, 1.54) is 11.6 Å². The van der Waals surface area contributed by atoms with Crippen LogP contribution in [0.4, 0.5) is 0 Å². The molecule has 0 amide bonds. The highest BCUT2D eigenvalue weighted by Crippen LogP contribution is 2.25. The zero-order chi connectivity index (χ0) is 18.1. The number of rotatable bonds is 5. The molecule has 0 aliphatic rings. The summed E-state index contributed by atoms with van der Waals surface area (Å²) >= 11 is 0. The van der Waals surface area contributed by atoms with E-state index in [9.17, 15) is 9.59 Å². The quantitative estimate of drug-likeness (QED) is 0.655. The Balaban J connectivity index is 2.20. The fraction of sp³-hybridized carbons (Fsp3) is 0.235. The molecule has 8 nitrogen and oxygen atoms in total. The second-order valence-electron chi connectivity index (χ2n) is 5.45. The van der Waals surface area contributed by atoms with Gasteiger partial charge >= 0.3 is 11.7 Å². The third-order valence-corrected chi connectivity index (χ3v) is 3.89. The maximum absolute atomic E-state index is 12.5. The number of methoxy groups -OCH3 is 1. The van der Waals surface area contributed by atoms with E-state index in [1.807, 2.05) is 0 Å². The van der Waals surface area contributed by atoms with Crippen LogP contribution in [0.15, 0.2) is 46.5 Å². The van der Waals surface area contributed by atoms with Crippen LogP contribution in [0.3, 0.4) is 0 Å². The van der Waals surface area contributed by atoms with E-state index >= 15 is 0 Å². The van der Waals surface area contributed by atoms with Gasteiger partial charge in [0, 0.05) is 20.6 Å². The normalized spacial score (nSPS) is 10.8. The summed E-state index contributed by atoms with van der Waals surface area (Å²) in [5, 5.41) is 0. The summed E-state index contributed by atoms with van der Waals surface area (Å²) in [5.74, 6) is 1.23. The number of fused-ring (bicyclic) bond motifs is 1. The van der Waals surface area contributed by atoms with Gasteiger partial charge < -0.3 is 9.47 Å². The minimum atomic E-state index is -0.447. The number of allylic oxidation sites excluding steroid dienone is 1. The van der Waals surface area contributed by atoms with E-state index < -0.39 is 11.2 Å². The number of nitrogens with zero attached hydrogens (tertiary/aromatic N) is 4. The summed E-state index contributed by atoms with van der Waals surface area (Å²) < 4.78 is 14.9. The molecule has 0 radical (unpaired) electrons. The van der Waals surface area contributed by atoms with Gasteiger partial charge in [0.25, 0.3) is 5.56 Å². The van der Waals surface area contributed by atoms with E-state index in [0.29, 0.717) is 18.0 Å². The minimum absolute atomic E-state index is 0.207. The summed E-state index contributed by atoms with van der Waals surface area (Å²) in [5.41, 5.74) is -0.333. The summed E-state index contributed by atoms with van der Waals surface area (Å²) in [4.78, 5) is 29.0. The van der Waals surface area contributed by atoms with Crippen LogP contribution in [-0.4, -0.2) is 25.8 Å². The van der Waals surface area contributed by atoms with Crippen molar-refractivity contribution in [2.45, 2.75) is 6.54 Å². The Hall–Kier alpha value is -3.29. The van der Waals surface area contributed by atoms with Crippen LogP contribution < -0.4 is 20.7 Å². The van der Waals surface area contributed by atoms with Crippen LogP contribution in [0.5, 0.6) is 17.5 Å². The summed E-state index contributed by atoms with van der Waals surface area (Å²) in [6, 6.07) is 7.18. The maximum atomic E-state index is 12.5. The van der Waals surface area contributed by atoms with Gasteiger partial charge in [0.05, 0.1) is 7.11 Å². The Labute approximate surface area is 143 Å². The van der Waals surface area contributed by atoms with Gasteiger partial charge in [-0.3, -0.25) is 18.5 Å². The van der Waals surface area contributed by atoms with E-state index in [-0.39, 0.29) is 17.2 Å². The van der Waals surface area contributed by atoms with Crippen molar-refractivity contribution in [3.05, 3.63) is 57.8 Å². The molecule has 0 bridgehead atoms. The third kappa shape index (κ3) is 2.71. The Bertz CT molecular complexity index is 1060. The van der Waals surface area contributed by atoms with E-state index in [4.69, 9.17) is 9.47 Å². The second-order valence-corrected chi connectivity index (χ2v) is 5.45. The monoisotopic (exact) mass is 342 g/mol. The van der Waals surface area contributed by atoms with Gasteiger partial charge in [-0.2, -0.15) is 4.98 Å². The molecule has 8 heteroatoms. The first-order chi connectivity index (χ1) is 12.0. The van der Waals surface area contributed by atoms with Gasteiger partial charge in [0.1, 0.15) is 11.5 Å². The lowest BCUT2D eigenvalue weighted by Crippen LogP contribution is -2.37. The van der Waals surface area contributed by atoms with Gasteiger partial charge in [0.2, 0.25) is 0 Å². The predicted molar refractivity (Wildman–Crippen MR) is 93.5 cm³/mol. The summed E-state index contributed by atoms with van der Waals surface area (Å²) in [7, 11) is 4.57. The van der Waals surface area contributed by atoms with Crippen molar-refractivity contribution >= 4 is 11.2 Å². The topological polar surface area (TPSA) is 80.3 Å². The van der Waals surface area contributed by atoms with Crippen molar-refractivity contribution in [2.24, 2.45) is 14.1 Å². The van der Waals surface area contributed by atoms with Crippen LogP contribution >= 0.6 is 0 Å². The number of aryl methyl sites for hydroxylation is 1. The van der Waals surface area contributed by atoms with Crippen molar-refractivity contribution in [1.82, 2.24) is 18.7 Å². The van der Waals surface area contributed by atoms with Crippen molar-refractivity contribution in [3.63, 3.8) is 0 Å². The first-order valence-electron chi connectivity index (χ1n) is 7.57. The Morgan fingerprint density at radius 1 is 1.12 bits per heavy atom. The molecular weight excluding hydrogens is 324 g/mol. The van der Waals surface area contributed by atoms with E-state index in [0.717, 1.165) is 4.57 Å². The minimum Gasteiger partial charge on any atom is -0.497 e. The fourth-order valence-corrected chi connectivity index (χ4v) is 2.55. The number of imidazole rings is 1. The molecule has 0 saturated heterocycles. The molecule has 130 valence electrons. The van der Waals surface area contributed by atoms with Crippen molar-refractivity contribution in [3.8, 4) is 17.5 Å². The van der Waals surface area contributed by atoms with Crippen molar-refractivity contribution < 1.29 is 9.47 Å². The van der Waals surface area contributed by atoms with Crippen LogP contribution in [0, 0.1) is 0 Å². The Morgan fingerprint density at radius 2 is 1.76 bits per heavy atom. The number of hydrogen-bond donors (Lipinski definition) is 0. The average Bonchev–Trinajstić information content (AvgIpc) is 2.97. The third-order valence-electron chi connectivity index (χ3n) is 3.89. The lowest BCUT2D eigenvalue weighted by atomic mass is 10.3. The molecular formula is C17H18N4O4. The molecule has 2 aromatic heterocycles. The molecule has 1 aromatic carbocycles. The van der Waals surface area contributed by atoms with E-state index in [2.05, 4.69) is 11.6 Å². The molecule has 0 atom stereocenters. The molecule has 25 heavy (non-hydrogen) atoms. The molecule has 3 aromatic rings. The maximum Gasteiger partial charge on any atom is 0.332 e. The molecule has 3 rings (SSSR count). The first-order valence-corrected chi connectivity index (χ1v) is 7.57. The molecule has 0 fully saturated rings. The van der Waals surface area contributed by atoms with Crippen LogP contribution in [-0.2, 0) is 20.6 Å². The lowest BCUT2D eigenvalue weighted by Gasteiger charge is -2.08. The van der Waals surface area contributed by atoms with Gasteiger partial charge in [-0.15, -0.1) is 6.58 Å². The van der Waals surface area contributed by atoms with Gasteiger partial charge in [0.15, 0.2) is 11.2 Å². The highest BCUT2D eigenvalue weighted by atomic mass is 16.5. The first kappa shape index (κ1) is 16.6. The fourth-order valence-electron chi connectivity index (χ4n) is 2.55. The number of hydrogen-bond acceptors (Lipinski definition) is 5. The lowest BCUT2D eigenvalue weighted by molar-refractivity contribution is 0.407. The number of ether oxygens (including phenoxy) is 2. The van der Waals surface area contributed by atoms with Crippen LogP contribution in [0.1, 0.15) is 0 Å². The molecule has 0 aliphatic carbocycles. The molecule has 0 N–H and O–H groups in total. The Morgan fingerprint density at radius 3 is 2.36 bits per heavy atom. The van der Waals surface area contributed by atoms with Gasteiger partial charge in [-0.1, -0.05) is 6.08 Å². The molecule has 2 heterocycles. The number of aromatic nitrogens is 4. The van der Waals surface area contributed by atoms with Crippen molar-refractivity contribution in [2.75, 3.05) is 7.11 Å².